The maximum absolute atomic E-state index is 11.2. The van der Waals surface area contributed by atoms with Crippen LogP contribution in [0.2, 0.25) is 0 Å². The summed E-state index contributed by atoms with van der Waals surface area (Å²) in [6.45, 7) is 7.99. The van der Waals surface area contributed by atoms with Gasteiger partial charge in [-0.1, -0.05) is 20.3 Å². The minimum atomic E-state index is -0.632. The molecule has 0 bridgehead atoms. The molecule has 0 spiro atoms. The van der Waals surface area contributed by atoms with Gasteiger partial charge in [-0.25, -0.2) is 0 Å². The fraction of sp³-hybridized carbons (Fsp3) is 0.909. The van der Waals surface area contributed by atoms with Gasteiger partial charge < -0.3 is 5.11 Å². The first-order chi connectivity index (χ1) is 6.56. The van der Waals surface area contributed by atoms with Gasteiger partial charge in [-0.2, -0.15) is 0 Å². The van der Waals surface area contributed by atoms with Crippen LogP contribution in [0.4, 0.5) is 0 Å². The summed E-state index contributed by atoms with van der Waals surface area (Å²) in [6.07, 6.45) is 2.90. The fourth-order valence-electron chi connectivity index (χ4n) is 2.65. The van der Waals surface area contributed by atoms with Gasteiger partial charge in [0.15, 0.2) is 0 Å². The van der Waals surface area contributed by atoms with Gasteiger partial charge in [0.2, 0.25) is 0 Å². The van der Waals surface area contributed by atoms with Crippen LogP contribution in [0.5, 0.6) is 0 Å². The number of hydrogen-bond acceptors (Lipinski definition) is 2. The van der Waals surface area contributed by atoms with Crippen molar-refractivity contribution in [3.63, 3.8) is 0 Å². The van der Waals surface area contributed by atoms with Crippen molar-refractivity contribution < 1.29 is 9.90 Å². The molecule has 0 heterocycles. The second-order valence-electron chi connectivity index (χ2n) is 4.35. The fourth-order valence-corrected chi connectivity index (χ4v) is 2.65. The number of carboxylic acids is 1. The molecule has 82 valence electrons. The Labute approximate surface area is 86.1 Å². The highest BCUT2D eigenvalue weighted by Crippen LogP contribution is 2.41. The molecule has 1 N–H and O–H groups in total. The minimum Gasteiger partial charge on any atom is -0.481 e. The second-order valence-corrected chi connectivity index (χ2v) is 4.35. The van der Waals surface area contributed by atoms with Crippen molar-refractivity contribution in [1.29, 1.82) is 0 Å². The van der Waals surface area contributed by atoms with Crippen LogP contribution in [0, 0.1) is 5.41 Å². The molecule has 0 radical (unpaired) electrons. The summed E-state index contributed by atoms with van der Waals surface area (Å²) in [5.41, 5.74) is -0.522. The average molecular weight is 199 g/mol. The van der Waals surface area contributed by atoms with Crippen LogP contribution >= 0.6 is 0 Å². The minimum absolute atomic E-state index is 0.231. The first-order valence-electron chi connectivity index (χ1n) is 5.53. The maximum Gasteiger partial charge on any atom is 0.310 e. The van der Waals surface area contributed by atoms with Gasteiger partial charge in [0.1, 0.15) is 0 Å². The molecule has 3 nitrogen and oxygen atoms in total. The van der Waals surface area contributed by atoms with Crippen LogP contribution in [0.3, 0.4) is 0 Å². The van der Waals surface area contributed by atoms with E-state index < -0.39 is 11.4 Å². The van der Waals surface area contributed by atoms with E-state index in [9.17, 15) is 9.90 Å². The number of carbonyl (C=O) groups is 1. The molecule has 2 atom stereocenters. The molecule has 2 unspecified atom stereocenters. The van der Waals surface area contributed by atoms with Crippen LogP contribution in [0.25, 0.3) is 0 Å². The van der Waals surface area contributed by atoms with E-state index in [1.807, 2.05) is 6.92 Å². The van der Waals surface area contributed by atoms with Gasteiger partial charge in [0, 0.05) is 6.04 Å². The zero-order chi connectivity index (χ0) is 10.8. The third kappa shape index (κ3) is 1.78. The summed E-state index contributed by atoms with van der Waals surface area (Å²) in [5.74, 6) is -0.632. The lowest BCUT2D eigenvalue weighted by molar-refractivity contribution is -0.150. The van der Waals surface area contributed by atoms with Crippen LogP contribution in [0.15, 0.2) is 0 Å². The lowest BCUT2D eigenvalue weighted by atomic mass is 9.84. The molecule has 1 rings (SSSR count). The van der Waals surface area contributed by atoms with Gasteiger partial charge in [0.05, 0.1) is 5.41 Å². The highest BCUT2D eigenvalue weighted by molar-refractivity contribution is 5.75. The largest absolute Gasteiger partial charge is 0.481 e. The van der Waals surface area contributed by atoms with E-state index in [2.05, 4.69) is 18.7 Å². The predicted octanol–water partition coefficient (Wildman–Crippen LogP) is 1.97. The molecule has 0 saturated heterocycles. The Morgan fingerprint density at radius 2 is 2.07 bits per heavy atom. The zero-order valence-corrected chi connectivity index (χ0v) is 9.42. The van der Waals surface area contributed by atoms with Crippen LogP contribution in [0.1, 0.15) is 40.0 Å². The smallest absolute Gasteiger partial charge is 0.310 e. The van der Waals surface area contributed by atoms with Gasteiger partial charge in [0.25, 0.3) is 0 Å². The number of hydrogen-bond donors (Lipinski definition) is 1. The van der Waals surface area contributed by atoms with E-state index >= 15 is 0 Å². The van der Waals surface area contributed by atoms with Crippen molar-refractivity contribution in [2.45, 2.75) is 46.1 Å². The van der Waals surface area contributed by atoms with Crippen molar-refractivity contribution in [2.75, 3.05) is 13.1 Å². The molecule has 0 aromatic rings. The molecule has 1 aliphatic rings. The van der Waals surface area contributed by atoms with Crippen molar-refractivity contribution in [3.05, 3.63) is 0 Å². The van der Waals surface area contributed by atoms with E-state index in [0.29, 0.717) is 0 Å². The Bertz CT molecular complexity index is 213. The summed E-state index contributed by atoms with van der Waals surface area (Å²) >= 11 is 0. The second kappa shape index (κ2) is 4.30. The summed E-state index contributed by atoms with van der Waals surface area (Å²) in [7, 11) is 0. The molecular weight excluding hydrogens is 178 g/mol. The number of aliphatic carboxylic acids is 1. The van der Waals surface area contributed by atoms with Crippen molar-refractivity contribution >= 4 is 5.97 Å². The third-order valence-electron chi connectivity index (χ3n) is 3.65. The van der Waals surface area contributed by atoms with Crippen molar-refractivity contribution in [1.82, 2.24) is 4.90 Å². The molecule has 0 amide bonds. The summed E-state index contributed by atoms with van der Waals surface area (Å²) in [4.78, 5) is 13.5. The number of nitrogens with zero attached hydrogens (tertiary/aromatic N) is 1. The summed E-state index contributed by atoms with van der Waals surface area (Å²) in [5, 5.41) is 9.26. The third-order valence-corrected chi connectivity index (χ3v) is 3.65. The first-order valence-corrected chi connectivity index (χ1v) is 5.53. The van der Waals surface area contributed by atoms with E-state index in [0.717, 1.165) is 32.4 Å². The topological polar surface area (TPSA) is 40.5 Å². The molecule has 3 heteroatoms. The normalized spacial score (nSPS) is 32.4. The highest BCUT2D eigenvalue weighted by Gasteiger charge is 2.46. The summed E-state index contributed by atoms with van der Waals surface area (Å²) < 4.78 is 0. The van der Waals surface area contributed by atoms with Gasteiger partial charge >= 0.3 is 5.97 Å². The Kier molecular flexibility index (Phi) is 3.53. The van der Waals surface area contributed by atoms with E-state index in [1.165, 1.54) is 0 Å². The number of carboxylic acid groups (broad SMARTS) is 1. The molecule has 1 aliphatic carbocycles. The maximum atomic E-state index is 11.2. The van der Waals surface area contributed by atoms with Crippen LogP contribution < -0.4 is 0 Å². The van der Waals surface area contributed by atoms with Gasteiger partial charge in [-0.15, -0.1) is 0 Å². The van der Waals surface area contributed by atoms with E-state index in [-0.39, 0.29) is 6.04 Å². The lowest BCUT2D eigenvalue weighted by Crippen LogP contribution is -2.47. The van der Waals surface area contributed by atoms with Crippen LogP contribution in [-0.2, 0) is 4.79 Å². The van der Waals surface area contributed by atoms with E-state index in [1.54, 1.807) is 0 Å². The zero-order valence-electron chi connectivity index (χ0n) is 9.42. The Balaban J connectivity index is 2.81. The highest BCUT2D eigenvalue weighted by atomic mass is 16.4. The summed E-state index contributed by atoms with van der Waals surface area (Å²) in [6, 6.07) is 0.231. The lowest BCUT2D eigenvalue weighted by Gasteiger charge is -2.35. The Morgan fingerprint density at radius 3 is 2.50 bits per heavy atom. The van der Waals surface area contributed by atoms with Crippen molar-refractivity contribution in [3.8, 4) is 0 Å². The SMILES string of the molecule is CCN(CC)C1CCCC1(C)C(=O)O. The first kappa shape index (κ1) is 11.5. The van der Waals surface area contributed by atoms with Gasteiger partial charge in [-0.05, 0) is 32.9 Å². The molecule has 0 aromatic carbocycles. The predicted molar refractivity (Wildman–Crippen MR) is 56.3 cm³/mol. The van der Waals surface area contributed by atoms with Gasteiger partial charge in [-0.3, -0.25) is 9.69 Å². The molecule has 0 aliphatic heterocycles. The van der Waals surface area contributed by atoms with E-state index in [4.69, 9.17) is 0 Å². The quantitative estimate of drug-likeness (QED) is 0.752. The molecule has 1 fully saturated rings. The average Bonchev–Trinajstić information content (AvgIpc) is 2.52. The molecular formula is C11H21NO2. The van der Waals surface area contributed by atoms with Crippen molar-refractivity contribution in [2.24, 2.45) is 5.41 Å². The Hall–Kier alpha value is -0.570. The van der Waals surface area contributed by atoms with Crippen LogP contribution in [-0.4, -0.2) is 35.1 Å². The molecule has 1 saturated carbocycles. The molecule has 14 heavy (non-hydrogen) atoms. The molecule has 0 aromatic heterocycles. The standard InChI is InChI=1S/C11H21NO2/c1-4-12(5-2)9-7-6-8-11(9,3)10(13)14/h9H,4-8H2,1-3H3,(H,13,14). The Morgan fingerprint density at radius 1 is 1.50 bits per heavy atom. The monoisotopic (exact) mass is 199 g/mol. The number of rotatable bonds is 4.